The van der Waals surface area contributed by atoms with Crippen LogP contribution >= 0.6 is 38.6 Å². The molecule has 0 bridgehead atoms. The fraction of sp³-hybridized carbons (Fsp3) is 0.176. The highest BCUT2D eigenvalue weighted by atomic mass is 79.9. The SMILES string of the molecule is CN=c1scc(-c2ccc(Br)s2)n1/N=C\c1cccc(OC)c1OC. The number of halogens is 1. The van der Waals surface area contributed by atoms with E-state index in [9.17, 15) is 0 Å². The molecule has 0 radical (unpaired) electrons. The maximum Gasteiger partial charge on any atom is 0.205 e. The highest BCUT2D eigenvalue weighted by molar-refractivity contribution is 9.11. The molecule has 5 nitrogen and oxygen atoms in total. The lowest BCUT2D eigenvalue weighted by Gasteiger charge is -2.09. The largest absolute Gasteiger partial charge is 0.493 e. The summed E-state index contributed by atoms with van der Waals surface area (Å²) in [4.78, 5) is 6.25. The van der Waals surface area contributed by atoms with Crippen LogP contribution < -0.4 is 14.3 Å². The Morgan fingerprint density at radius 2 is 2.00 bits per heavy atom. The molecule has 8 heteroatoms. The number of aromatic nitrogens is 1. The van der Waals surface area contributed by atoms with Crippen molar-refractivity contribution in [3.63, 3.8) is 0 Å². The summed E-state index contributed by atoms with van der Waals surface area (Å²) in [5.41, 5.74) is 1.83. The molecule has 2 heterocycles. The van der Waals surface area contributed by atoms with Crippen molar-refractivity contribution in [3.05, 3.63) is 49.9 Å². The average molecular weight is 438 g/mol. The molecule has 0 unspecified atom stereocenters. The van der Waals surface area contributed by atoms with E-state index in [0.29, 0.717) is 11.5 Å². The molecular weight excluding hydrogens is 422 g/mol. The van der Waals surface area contributed by atoms with E-state index in [4.69, 9.17) is 9.47 Å². The number of thiazole rings is 1. The summed E-state index contributed by atoms with van der Waals surface area (Å²) >= 11 is 6.72. The number of hydrogen-bond acceptors (Lipinski definition) is 6. The second-order valence-electron chi connectivity index (χ2n) is 4.87. The first-order valence-electron chi connectivity index (χ1n) is 7.32. The molecule has 1 aromatic carbocycles. The molecule has 0 aliphatic heterocycles. The highest BCUT2D eigenvalue weighted by Gasteiger charge is 2.11. The van der Waals surface area contributed by atoms with Gasteiger partial charge in [0.25, 0.3) is 0 Å². The Morgan fingerprint density at radius 3 is 2.64 bits per heavy atom. The van der Waals surface area contributed by atoms with E-state index in [1.165, 1.54) is 0 Å². The van der Waals surface area contributed by atoms with Crippen molar-refractivity contribution in [2.45, 2.75) is 0 Å². The van der Waals surface area contributed by atoms with Gasteiger partial charge in [0, 0.05) is 18.0 Å². The zero-order chi connectivity index (χ0) is 17.8. The van der Waals surface area contributed by atoms with Gasteiger partial charge in [0.2, 0.25) is 4.80 Å². The summed E-state index contributed by atoms with van der Waals surface area (Å²) in [5, 5.41) is 6.70. The second kappa shape index (κ2) is 7.99. The molecule has 0 spiro atoms. The first-order chi connectivity index (χ1) is 12.2. The summed E-state index contributed by atoms with van der Waals surface area (Å²) < 4.78 is 13.7. The van der Waals surface area contributed by atoms with Crippen molar-refractivity contribution in [1.82, 2.24) is 4.68 Å². The molecule has 0 saturated carbocycles. The zero-order valence-electron chi connectivity index (χ0n) is 13.9. The van der Waals surface area contributed by atoms with Crippen molar-refractivity contribution >= 4 is 44.8 Å². The normalized spacial score (nSPS) is 12.1. The minimum Gasteiger partial charge on any atom is -0.493 e. The van der Waals surface area contributed by atoms with Gasteiger partial charge < -0.3 is 9.47 Å². The molecule has 0 aliphatic rings. The van der Waals surface area contributed by atoms with Crippen LogP contribution in [0.4, 0.5) is 0 Å². The van der Waals surface area contributed by atoms with Crippen LogP contribution in [0.15, 0.2) is 49.6 Å². The van der Waals surface area contributed by atoms with E-state index in [0.717, 1.165) is 24.7 Å². The first-order valence-corrected chi connectivity index (χ1v) is 9.81. The van der Waals surface area contributed by atoms with Crippen LogP contribution in [0.25, 0.3) is 10.6 Å². The van der Waals surface area contributed by atoms with Crippen molar-refractivity contribution < 1.29 is 9.47 Å². The number of thiophene rings is 1. The monoisotopic (exact) mass is 437 g/mol. The minimum atomic E-state index is 0.653. The fourth-order valence-electron chi connectivity index (χ4n) is 2.32. The number of para-hydroxylation sites is 1. The number of methoxy groups -OCH3 is 2. The van der Waals surface area contributed by atoms with Gasteiger partial charge in [-0.05, 0) is 40.2 Å². The van der Waals surface area contributed by atoms with Gasteiger partial charge in [-0.25, -0.2) is 4.68 Å². The predicted molar refractivity (Wildman–Crippen MR) is 107 cm³/mol. The molecule has 0 aliphatic carbocycles. The molecule has 0 fully saturated rings. The first kappa shape index (κ1) is 17.9. The Bertz CT molecular complexity index is 972. The predicted octanol–water partition coefficient (Wildman–Crippen LogP) is 4.47. The van der Waals surface area contributed by atoms with E-state index in [2.05, 4.69) is 37.5 Å². The summed E-state index contributed by atoms with van der Waals surface area (Å²) in [6.45, 7) is 0. The second-order valence-corrected chi connectivity index (χ2v) is 8.17. The van der Waals surface area contributed by atoms with Gasteiger partial charge in [-0.15, -0.1) is 22.7 Å². The van der Waals surface area contributed by atoms with Gasteiger partial charge in [0.1, 0.15) is 0 Å². The highest BCUT2D eigenvalue weighted by Crippen LogP contribution is 2.32. The van der Waals surface area contributed by atoms with E-state index in [-0.39, 0.29) is 0 Å². The molecular formula is C17H16BrN3O2S2. The van der Waals surface area contributed by atoms with E-state index in [1.807, 2.05) is 28.9 Å². The molecule has 0 atom stereocenters. The number of hydrogen-bond donors (Lipinski definition) is 0. The van der Waals surface area contributed by atoms with Gasteiger partial charge in [-0.2, -0.15) is 5.10 Å². The Hall–Kier alpha value is -1.90. The van der Waals surface area contributed by atoms with Crippen molar-refractivity contribution in [2.24, 2.45) is 10.1 Å². The molecule has 0 saturated heterocycles. The third-order valence-corrected chi connectivity index (χ3v) is 6.00. The van der Waals surface area contributed by atoms with Gasteiger partial charge in [-0.1, -0.05) is 6.07 Å². The Kier molecular flexibility index (Phi) is 5.72. The van der Waals surface area contributed by atoms with E-state index >= 15 is 0 Å². The van der Waals surface area contributed by atoms with Crippen molar-refractivity contribution in [3.8, 4) is 22.1 Å². The molecule has 3 aromatic rings. The number of nitrogens with zero attached hydrogens (tertiary/aromatic N) is 3. The molecule has 0 amide bonds. The van der Waals surface area contributed by atoms with Crippen LogP contribution in [-0.4, -0.2) is 32.2 Å². The van der Waals surface area contributed by atoms with E-state index in [1.54, 1.807) is 50.2 Å². The summed E-state index contributed by atoms with van der Waals surface area (Å²) in [6.07, 6.45) is 1.76. The lowest BCUT2D eigenvalue weighted by atomic mass is 10.2. The van der Waals surface area contributed by atoms with Gasteiger partial charge in [0.05, 0.1) is 34.8 Å². The van der Waals surface area contributed by atoms with Crippen LogP contribution in [0.1, 0.15) is 5.56 Å². The Morgan fingerprint density at radius 1 is 1.16 bits per heavy atom. The smallest absolute Gasteiger partial charge is 0.205 e. The maximum atomic E-state index is 5.46. The third kappa shape index (κ3) is 3.70. The number of benzene rings is 1. The van der Waals surface area contributed by atoms with Crippen LogP contribution in [0.3, 0.4) is 0 Å². The summed E-state index contributed by atoms with van der Waals surface area (Å²) in [6, 6.07) is 9.79. The maximum absolute atomic E-state index is 5.46. The lowest BCUT2D eigenvalue weighted by Crippen LogP contribution is -2.11. The van der Waals surface area contributed by atoms with Crippen LogP contribution in [0.2, 0.25) is 0 Å². The summed E-state index contributed by atoms with van der Waals surface area (Å²) in [5.74, 6) is 1.32. The standard InChI is InChI=1S/C17H16BrN3O2S2/c1-19-17-21(12(10-24-17)14-7-8-15(18)25-14)20-9-11-5-4-6-13(22-2)16(11)23-3/h4-10H,1-3H3/b19-17?,20-9-. The zero-order valence-corrected chi connectivity index (χ0v) is 17.1. The molecule has 25 heavy (non-hydrogen) atoms. The van der Waals surface area contributed by atoms with Crippen molar-refractivity contribution in [1.29, 1.82) is 0 Å². The average Bonchev–Trinajstić information content (AvgIpc) is 3.24. The van der Waals surface area contributed by atoms with Gasteiger partial charge >= 0.3 is 0 Å². The number of ether oxygens (including phenoxy) is 2. The Labute approximate surface area is 162 Å². The quantitative estimate of drug-likeness (QED) is 0.552. The van der Waals surface area contributed by atoms with Crippen LogP contribution in [0.5, 0.6) is 11.5 Å². The van der Waals surface area contributed by atoms with E-state index < -0.39 is 0 Å². The molecule has 0 N–H and O–H groups in total. The minimum absolute atomic E-state index is 0.653. The van der Waals surface area contributed by atoms with Crippen molar-refractivity contribution in [2.75, 3.05) is 21.3 Å². The summed E-state index contributed by atoms with van der Waals surface area (Å²) in [7, 11) is 5.00. The fourth-order valence-corrected chi connectivity index (χ4v) is 4.58. The Balaban J connectivity index is 2.07. The molecule has 3 rings (SSSR count). The van der Waals surface area contributed by atoms with Gasteiger partial charge in [0.15, 0.2) is 11.5 Å². The molecule has 2 aromatic heterocycles. The lowest BCUT2D eigenvalue weighted by molar-refractivity contribution is 0.354. The van der Waals surface area contributed by atoms with Gasteiger partial charge in [-0.3, -0.25) is 4.99 Å². The number of rotatable bonds is 5. The van der Waals surface area contributed by atoms with Crippen LogP contribution in [-0.2, 0) is 0 Å². The third-order valence-electron chi connectivity index (χ3n) is 3.45. The topological polar surface area (TPSA) is 48.1 Å². The van der Waals surface area contributed by atoms with Crippen LogP contribution in [0, 0.1) is 0 Å². The molecule has 130 valence electrons.